The molecule has 1 heterocycles. The summed E-state index contributed by atoms with van der Waals surface area (Å²) >= 11 is 0. The van der Waals surface area contributed by atoms with Gasteiger partial charge in [0.15, 0.2) is 0 Å². The van der Waals surface area contributed by atoms with Crippen LogP contribution in [-0.4, -0.2) is 34.7 Å². The first kappa shape index (κ1) is 17.3. The molecule has 25 heavy (non-hydrogen) atoms. The second kappa shape index (κ2) is 6.43. The smallest absolute Gasteiger partial charge is 0.408 e. The molecule has 0 bridgehead atoms. The average molecular weight is 343 g/mol. The van der Waals surface area contributed by atoms with Crippen LogP contribution in [0.4, 0.5) is 4.79 Å². The minimum atomic E-state index is -0.803. The van der Waals surface area contributed by atoms with Crippen molar-refractivity contribution in [3.8, 4) is 0 Å². The Hall–Kier alpha value is -2.50. The molecule has 2 amide bonds. The summed E-state index contributed by atoms with van der Waals surface area (Å²) in [6, 6.07) is 8.09. The Morgan fingerprint density at radius 1 is 1.24 bits per heavy atom. The van der Waals surface area contributed by atoms with Crippen molar-refractivity contribution in [2.45, 2.75) is 51.2 Å². The number of fused-ring (bicyclic) bond motifs is 1. The number of aromatic amines is 1. The third-order valence-electron chi connectivity index (χ3n) is 4.28. The van der Waals surface area contributed by atoms with Gasteiger partial charge in [-0.3, -0.25) is 4.79 Å². The lowest BCUT2D eigenvalue weighted by Gasteiger charge is -2.23. The number of rotatable bonds is 5. The molecule has 0 aliphatic heterocycles. The average Bonchev–Trinajstić information content (AvgIpc) is 3.18. The maximum atomic E-state index is 12.4. The van der Waals surface area contributed by atoms with Crippen molar-refractivity contribution in [3.63, 3.8) is 0 Å². The van der Waals surface area contributed by atoms with E-state index in [1.165, 1.54) is 10.9 Å². The van der Waals surface area contributed by atoms with Crippen LogP contribution in [0.3, 0.4) is 0 Å². The van der Waals surface area contributed by atoms with Crippen molar-refractivity contribution in [3.05, 3.63) is 36.0 Å². The molecule has 6 heteroatoms. The zero-order valence-corrected chi connectivity index (χ0v) is 14.9. The molecular weight excluding hydrogens is 318 g/mol. The fraction of sp³-hybridized carbons (Fsp3) is 0.474. The molecule has 2 aromatic rings. The van der Waals surface area contributed by atoms with E-state index in [1.54, 1.807) is 20.8 Å². The molecule has 1 aliphatic rings. The third-order valence-corrected chi connectivity index (χ3v) is 4.28. The fourth-order valence-corrected chi connectivity index (χ4v) is 2.85. The summed E-state index contributed by atoms with van der Waals surface area (Å²) in [4.78, 5) is 27.6. The number of alkyl carbamates (subject to hydrolysis) is 1. The van der Waals surface area contributed by atoms with E-state index in [2.05, 4.69) is 21.7 Å². The van der Waals surface area contributed by atoms with Crippen molar-refractivity contribution in [2.75, 3.05) is 6.54 Å². The normalized spacial score (nSPS) is 15.6. The van der Waals surface area contributed by atoms with Crippen molar-refractivity contribution >= 4 is 22.9 Å². The lowest BCUT2D eigenvalue weighted by molar-refractivity contribution is -0.124. The predicted molar refractivity (Wildman–Crippen MR) is 96.3 cm³/mol. The van der Waals surface area contributed by atoms with Gasteiger partial charge in [-0.05, 0) is 51.7 Å². The summed E-state index contributed by atoms with van der Waals surface area (Å²) in [5.41, 5.74) is 0.879. The number of amides is 2. The van der Waals surface area contributed by atoms with Gasteiger partial charge in [-0.2, -0.15) is 0 Å². The van der Waals surface area contributed by atoms with Gasteiger partial charge in [0.1, 0.15) is 11.1 Å². The second-order valence-corrected chi connectivity index (χ2v) is 7.57. The molecule has 3 rings (SSSR count). The lowest BCUT2D eigenvalue weighted by atomic mass is 10.1. The Morgan fingerprint density at radius 3 is 2.64 bits per heavy atom. The largest absolute Gasteiger partial charge is 0.444 e. The van der Waals surface area contributed by atoms with E-state index in [0.717, 1.165) is 11.9 Å². The number of benzene rings is 1. The quantitative estimate of drug-likeness (QED) is 0.780. The van der Waals surface area contributed by atoms with Crippen LogP contribution in [-0.2, 0) is 16.0 Å². The van der Waals surface area contributed by atoms with Gasteiger partial charge in [-0.15, -0.1) is 0 Å². The first-order valence-electron chi connectivity index (χ1n) is 8.64. The summed E-state index contributed by atoms with van der Waals surface area (Å²) in [5, 5.41) is 6.82. The van der Waals surface area contributed by atoms with Crippen molar-refractivity contribution in [2.24, 2.45) is 0 Å². The molecule has 1 saturated carbocycles. The molecule has 1 aliphatic carbocycles. The van der Waals surface area contributed by atoms with E-state index in [-0.39, 0.29) is 5.91 Å². The summed E-state index contributed by atoms with van der Waals surface area (Å²) in [7, 11) is 0. The standard InChI is InChI=1S/C19H25N3O3/c1-18(2,3)25-17(24)22-19(9-10-19)16(23)20-11-8-13-12-21-15-7-5-4-6-14(13)15/h4-7,12,21H,8-11H2,1-3H3,(H,20,23)(H,22,24). The van der Waals surface area contributed by atoms with Crippen LogP contribution in [0.2, 0.25) is 0 Å². The van der Waals surface area contributed by atoms with Gasteiger partial charge in [0, 0.05) is 23.6 Å². The maximum Gasteiger partial charge on any atom is 0.408 e. The minimum absolute atomic E-state index is 0.141. The van der Waals surface area contributed by atoms with Gasteiger partial charge in [0.2, 0.25) is 5.91 Å². The molecule has 1 aromatic carbocycles. The molecule has 0 unspecified atom stereocenters. The van der Waals surface area contributed by atoms with E-state index in [1.807, 2.05) is 24.4 Å². The molecule has 134 valence electrons. The Labute approximate surface area is 147 Å². The van der Waals surface area contributed by atoms with Crippen LogP contribution in [0.1, 0.15) is 39.2 Å². The second-order valence-electron chi connectivity index (χ2n) is 7.57. The topological polar surface area (TPSA) is 83.2 Å². The highest BCUT2D eigenvalue weighted by molar-refractivity contribution is 5.93. The van der Waals surface area contributed by atoms with Crippen LogP contribution in [0.25, 0.3) is 10.9 Å². The zero-order chi connectivity index (χ0) is 18.1. The number of para-hydroxylation sites is 1. The van der Waals surface area contributed by atoms with E-state index in [9.17, 15) is 9.59 Å². The number of aromatic nitrogens is 1. The molecule has 1 fully saturated rings. The van der Waals surface area contributed by atoms with Crippen LogP contribution in [0.5, 0.6) is 0 Å². The number of hydrogen-bond acceptors (Lipinski definition) is 3. The number of hydrogen-bond donors (Lipinski definition) is 3. The summed E-state index contributed by atoms with van der Waals surface area (Å²) in [6.07, 6.45) is 3.45. The molecule has 3 N–H and O–H groups in total. The first-order chi connectivity index (χ1) is 11.8. The Morgan fingerprint density at radius 2 is 1.96 bits per heavy atom. The highest BCUT2D eigenvalue weighted by Gasteiger charge is 2.51. The van der Waals surface area contributed by atoms with Crippen molar-refractivity contribution in [1.82, 2.24) is 15.6 Å². The first-order valence-corrected chi connectivity index (χ1v) is 8.64. The Bertz CT molecular complexity index is 785. The predicted octanol–water partition coefficient (Wildman–Crippen LogP) is 2.88. The van der Waals surface area contributed by atoms with Gasteiger partial charge in [-0.1, -0.05) is 18.2 Å². The van der Waals surface area contributed by atoms with E-state index in [0.29, 0.717) is 19.4 Å². The molecular formula is C19H25N3O3. The number of nitrogens with one attached hydrogen (secondary N) is 3. The highest BCUT2D eigenvalue weighted by atomic mass is 16.6. The molecule has 0 spiro atoms. The van der Waals surface area contributed by atoms with Crippen molar-refractivity contribution in [1.29, 1.82) is 0 Å². The van der Waals surface area contributed by atoms with E-state index in [4.69, 9.17) is 4.74 Å². The molecule has 1 aromatic heterocycles. The van der Waals surface area contributed by atoms with Crippen LogP contribution in [0, 0.1) is 0 Å². The molecule has 0 atom stereocenters. The van der Waals surface area contributed by atoms with Gasteiger partial charge < -0.3 is 20.4 Å². The number of H-pyrrole nitrogens is 1. The number of carbonyl (C=O) groups excluding carboxylic acids is 2. The highest BCUT2D eigenvalue weighted by Crippen LogP contribution is 2.35. The zero-order valence-electron chi connectivity index (χ0n) is 14.9. The SMILES string of the molecule is CC(C)(C)OC(=O)NC1(C(=O)NCCc2c[nH]c3ccccc23)CC1. The van der Waals surface area contributed by atoms with E-state index < -0.39 is 17.2 Å². The fourth-order valence-electron chi connectivity index (χ4n) is 2.85. The van der Waals surface area contributed by atoms with Gasteiger partial charge in [0.25, 0.3) is 0 Å². The third kappa shape index (κ3) is 4.13. The molecule has 0 saturated heterocycles. The van der Waals surface area contributed by atoms with E-state index >= 15 is 0 Å². The summed E-state index contributed by atoms with van der Waals surface area (Å²) in [5.74, 6) is -0.141. The van der Waals surface area contributed by atoms with Gasteiger partial charge in [-0.25, -0.2) is 4.79 Å². The number of ether oxygens (including phenoxy) is 1. The monoisotopic (exact) mass is 343 g/mol. The molecule has 6 nitrogen and oxygen atoms in total. The maximum absolute atomic E-state index is 12.4. The van der Waals surface area contributed by atoms with Crippen molar-refractivity contribution < 1.29 is 14.3 Å². The van der Waals surface area contributed by atoms with Gasteiger partial charge >= 0.3 is 6.09 Å². The summed E-state index contributed by atoms with van der Waals surface area (Å²) < 4.78 is 5.24. The Kier molecular flexibility index (Phi) is 4.45. The van der Waals surface area contributed by atoms with Crippen LogP contribution in [0.15, 0.2) is 30.5 Å². The summed E-state index contributed by atoms with van der Waals surface area (Å²) in [6.45, 7) is 5.92. The molecule has 0 radical (unpaired) electrons. The minimum Gasteiger partial charge on any atom is -0.444 e. The van der Waals surface area contributed by atoms with Gasteiger partial charge in [0.05, 0.1) is 0 Å². The lowest BCUT2D eigenvalue weighted by Crippen LogP contribution is -2.50. The Balaban J connectivity index is 1.51. The van der Waals surface area contributed by atoms with Crippen LogP contribution >= 0.6 is 0 Å². The number of carbonyl (C=O) groups is 2. The van der Waals surface area contributed by atoms with Crippen LogP contribution < -0.4 is 10.6 Å².